The molecule has 1 unspecified atom stereocenters. The zero-order valence-corrected chi connectivity index (χ0v) is 13.7. The molecule has 1 aromatic rings. The number of nitrogens with zero attached hydrogens (tertiary/aromatic N) is 1. The Morgan fingerprint density at radius 3 is 2.52 bits per heavy atom. The summed E-state index contributed by atoms with van der Waals surface area (Å²) in [6.07, 6.45) is 4.51. The van der Waals surface area contributed by atoms with Crippen LogP contribution in [0.1, 0.15) is 39.7 Å². The summed E-state index contributed by atoms with van der Waals surface area (Å²) in [4.78, 5) is 2.57. The smallest absolute Gasteiger partial charge is 0.115 e. The van der Waals surface area contributed by atoms with Crippen LogP contribution in [0.2, 0.25) is 0 Å². The quantitative estimate of drug-likeness (QED) is 0.833. The van der Waals surface area contributed by atoms with E-state index in [2.05, 4.69) is 38.7 Å². The Morgan fingerprint density at radius 1 is 1.24 bits per heavy atom. The lowest BCUT2D eigenvalue weighted by molar-refractivity contribution is 0.229. The predicted octanol–water partition coefficient (Wildman–Crippen LogP) is 4.31. The van der Waals surface area contributed by atoms with Gasteiger partial charge in [-0.1, -0.05) is 34.9 Å². The van der Waals surface area contributed by atoms with Crippen LogP contribution in [0.4, 0.5) is 0 Å². The van der Waals surface area contributed by atoms with Crippen molar-refractivity contribution in [2.75, 3.05) is 13.1 Å². The van der Waals surface area contributed by atoms with Gasteiger partial charge in [-0.2, -0.15) is 0 Å². The van der Waals surface area contributed by atoms with E-state index in [1.165, 1.54) is 28.7 Å². The predicted molar refractivity (Wildman–Crippen MR) is 89.6 cm³/mol. The van der Waals surface area contributed by atoms with Crippen LogP contribution in [0.5, 0.6) is 5.75 Å². The summed E-state index contributed by atoms with van der Waals surface area (Å²) in [5.74, 6) is 0.340. The van der Waals surface area contributed by atoms with E-state index in [0.717, 1.165) is 19.5 Å². The molecule has 0 fully saturated rings. The molecule has 114 valence electrons. The van der Waals surface area contributed by atoms with Gasteiger partial charge in [-0.25, -0.2) is 0 Å². The number of hydrogen-bond donors (Lipinski definition) is 1. The molecule has 0 radical (unpaired) electrons. The van der Waals surface area contributed by atoms with Gasteiger partial charge in [0, 0.05) is 19.1 Å². The van der Waals surface area contributed by atoms with Crippen molar-refractivity contribution in [3.8, 4) is 5.75 Å². The van der Waals surface area contributed by atoms with Gasteiger partial charge in [0.05, 0.1) is 0 Å². The van der Waals surface area contributed by atoms with Crippen LogP contribution < -0.4 is 0 Å². The normalized spacial score (nSPS) is 19.7. The van der Waals surface area contributed by atoms with E-state index in [-0.39, 0.29) is 0 Å². The molecule has 1 atom stereocenters. The van der Waals surface area contributed by atoms with Crippen LogP contribution in [0.25, 0.3) is 0 Å². The zero-order valence-electron chi connectivity index (χ0n) is 13.7. The van der Waals surface area contributed by atoms with Crippen molar-refractivity contribution in [3.63, 3.8) is 0 Å². The molecular formula is C19H27NO. The Labute approximate surface area is 128 Å². The van der Waals surface area contributed by atoms with Crippen LogP contribution in [-0.2, 0) is 6.42 Å². The first kappa shape index (κ1) is 15.8. The average Bonchev–Trinajstić information content (AvgIpc) is 2.45. The monoisotopic (exact) mass is 285 g/mol. The molecule has 0 spiro atoms. The molecule has 0 aromatic heterocycles. The molecule has 1 aliphatic heterocycles. The summed E-state index contributed by atoms with van der Waals surface area (Å²) in [7, 11) is 0. The van der Waals surface area contributed by atoms with Crippen LogP contribution >= 0.6 is 0 Å². The maximum Gasteiger partial charge on any atom is 0.115 e. The van der Waals surface area contributed by atoms with Crippen molar-refractivity contribution in [1.29, 1.82) is 0 Å². The second-order valence-corrected chi connectivity index (χ2v) is 6.38. The van der Waals surface area contributed by atoms with Gasteiger partial charge in [-0.05, 0) is 58.2 Å². The SMILES string of the molecule is CC(C)=CCN1CCC(C)=C(C)C1Cc1ccc(O)cc1. The maximum absolute atomic E-state index is 9.43. The summed E-state index contributed by atoms with van der Waals surface area (Å²) in [5, 5.41) is 9.43. The van der Waals surface area contributed by atoms with Crippen molar-refractivity contribution in [3.05, 3.63) is 52.6 Å². The summed E-state index contributed by atoms with van der Waals surface area (Å²) >= 11 is 0. The summed E-state index contributed by atoms with van der Waals surface area (Å²) < 4.78 is 0. The van der Waals surface area contributed by atoms with Gasteiger partial charge in [-0.15, -0.1) is 0 Å². The van der Waals surface area contributed by atoms with Crippen molar-refractivity contribution in [1.82, 2.24) is 4.90 Å². The molecule has 21 heavy (non-hydrogen) atoms. The Kier molecular flexibility index (Phi) is 5.24. The van der Waals surface area contributed by atoms with Crippen LogP contribution in [0, 0.1) is 0 Å². The van der Waals surface area contributed by atoms with Gasteiger partial charge >= 0.3 is 0 Å². The van der Waals surface area contributed by atoms with E-state index < -0.39 is 0 Å². The molecule has 1 aliphatic rings. The first-order chi connectivity index (χ1) is 9.97. The molecule has 1 heterocycles. The number of allylic oxidation sites excluding steroid dienone is 1. The third kappa shape index (κ3) is 4.21. The minimum Gasteiger partial charge on any atom is -0.508 e. The van der Waals surface area contributed by atoms with Gasteiger partial charge in [0.25, 0.3) is 0 Å². The van der Waals surface area contributed by atoms with E-state index in [1.807, 2.05) is 12.1 Å². The zero-order chi connectivity index (χ0) is 15.4. The average molecular weight is 285 g/mol. The number of benzene rings is 1. The van der Waals surface area contributed by atoms with Crippen LogP contribution in [0.3, 0.4) is 0 Å². The molecule has 2 nitrogen and oxygen atoms in total. The fourth-order valence-electron chi connectivity index (χ4n) is 2.88. The fraction of sp³-hybridized carbons (Fsp3) is 0.474. The second kappa shape index (κ2) is 6.95. The van der Waals surface area contributed by atoms with Crippen LogP contribution in [0.15, 0.2) is 47.1 Å². The van der Waals surface area contributed by atoms with Gasteiger partial charge in [0.2, 0.25) is 0 Å². The molecule has 1 N–H and O–H groups in total. The van der Waals surface area contributed by atoms with Crippen molar-refractivity contribution in [2.24, 2.45) is 0 Å². The second-order valence-electron chi connectivity index (χ2n) is 6.38. The Bertz CT molecular complexity index is 535. The Hall–Kier alpha value is -1.54. The fourth-order valence-corrected chi connectivity index (χ4v) is 2.88. The van der Waals surface area contributed by atoms with E-state index in [0.29, 0.717) is 11.8 Å². The van der Waals surface area contributed by atoms with Crippen molar-refractivity contribution >= 4 is 0 Å². The number of rotatable bonds is 4. The molecule has 1 aromatic carbocycles. The number of hydrogen-bond acceptors (Lipinski definition) is 2. The minimum absolute atomic E-state index is 0.340. The summed E-state index contributed by atoms with van der Waals surface area (Å²) in [6.45, 7) is 11.0. The molecule has 0 saturated heterocycles. The van der Waals surface area contributed by atoms with Gasteiger partial charge in [-0.3, -0.25) is 4.90 Å². The van der Waals surface area contributed by atoms with E-state index in [1.54, 1.807) is 12.1 Å². The molecular weight excluding hydrogens is 258 g/mol. The molecule has 0 bridgehead atoms. The molecule has 2 rings (SSSR count). The van der Waals surface area contributed by atoms with Crippen molar-refractivity contribution in [2.45, 2.75) is 46.6 Å². The van der Waals surface area contributed by atoms with Gasteiger partial charge in [0.1, 0.15) is 5.75 Å². The van der Waals surface area contributed by atoms with E-state index in [4.69, 9.17) is 0 Å². The van der Waals surface area contributed by atoms with E-state index in [9.17, 15) is 5.11 Å². The summed E-state index contributed by atoms with van der Waals surface area (Å²) in [6, 6.07) is 8.10. The number of aromatic hydroxyl groups is 1. The lowest BCUT2D eigenvalue weighted by atomic mass is 9.90. The lowest BCUT2D eigenvalue weighted by Gasteiger charge is -2.37. The number of phenols is 1. The third-order valence-electron chi connectivity index (χ3n) is 4.49. The highest BCUT2D eigenvalue weighted by atomic mass is 16.3. The first-order valence-corrected chi connectivity index (χ1v) is 7.79. The molecule has 0 aliphatic carbocycles. The highest BCUT2D eigenvalue weighted by Gasteiger charge is 2.25. The van der Waals surface area contributed by atoms with Gasteiger partial charge < -0.3 is 5.11 Å². The Morgan fingerprint density at radius 2 is 1.90 bits per heavy atom. The highest BCUT2D eigenvalue weighted by molar-refractivity contribution is 5.29. The van der Waals surface area contributed by atoms with Gasteiger partial charge in [0.15, 0.2) is 0 Å². The molecule has 0 saturated carbocycles. The summed E-state index contributed by atoms with van der Waals surface area (Å²) in [5.41, 5.74) is 5.71. The minimum atomic E-state index is 0.340. The topological polar surface area (TPSA) is 23.5 Å². The largest absolute Gasteiger partial charge is 0.508 e. The van der Waals surface area contributed by atoms with Crippen LogP contribution in [-0.4, -0.2) is 29.1 Å². The molecule has 0 amide bonds. The first-order valence-electron chi connectivity index (χ1n) is 7.79. The maximum atomic E-state index is 9.43. The highest BCUT2D eigenvalue weighted by Crippen LogP contribution is 2.26. The third-order valence-corrected chi connectivity index (χ3v) is 4.49. The standard InChI is InChI=1S/C19H27NO/c1-14(2)9-11-20-12-10-15(3)16(4)19(20)13-17-5-7-18(21)8-6-17/h5-9,19,21H,10-13H2,1-4H3. The molecule has 2 heteroatoms. The van der Waals surface area contributed by atoms with Crippen molar-refractivity contribution < 1.29 is 5.11 Å². The van der Waals surface area contributed by atoms with E-state index >= 15 is 0 Å². The Balaban J connectivity index is 2.18. The lowest BCUT2D eigenvalue weighted by Crippen LogP contribution is -2.42. The number of phenolic OH excluding ortho intramolecular Hbond substituents is 1.